The molecule has 0 aliphatic carbocycles. The zero-order valence-electron chi connectivity index (χ0n) is 11.4. The quantitative estimate of drug-likeness (QED) is 0.798. The Morgan fingerprint density at radius 2 is 2.19 bits per heavy atom. The van der Waals surface area contributed by atoms with Crippen molar-refractivity contribution >= 4 is 34.0 Å². The highest BCUT2D eigenvalue weighted by molar-refractivity contribution is 7.18. The van der Waals surface area contributed by atoms with Crippen molar-refractivity contribution < 1.29 is 14.6 Å². The lowest BCUT2D eigenvalue weighted by atomic mass is 10.0. The molecule has 21 heavy (non-hydrogen) atoms. The molecule has 0 spiro atoms. The van der Waals surface area contributed by atoms with E-state index < -0.39 is 5.97 Å². The Hall–Kier alpha value is -1.63. The van der Waals surface area contributed by atoms with Gasteiger partial charge in [0.1, 0.15) is 0 Å². The van der Waals surface area contributed by atoms with Crippen LogP contribution in [0.4, 0.5) is 5.13 Å². The number of aromatic nitrogens is 1. The first-order chi connectivity index (χ1) is 10.2. The van der Waals surface area contributed by atoms with Crippen LogP contribution in [0.3, 0.4) is 0 Å². The summed E-state index contributed by atoms with van der Waals surface area (Å²) in [6, 6.07) is 9.60. The summed E-state index contributed by atoms with van der Waals surface area (Å²) in [5.41, 5.74) is 1.03. The molecule has 0 aliphatic rings. The van der Waals surface area contributed by atoms with Gasteiger partial charge in [-0.1, -0.05) is 53.3 Å². The van der Waals surface area contributed by atoms with Gasteiger partial charge in [0.05, 0.1) is 13.2 Å². The van der Waals surface area contributed by atoms with Gasteiger partial charge in [0, 0.05) is 6.61 Å². The standard InChI is InChI=1S/C14H15ClN2O3S/c1-20-13(19)11-12(15)17-14(21-11)16-10(7-8-18)9-5-3-2-4-6-9/h2-6,10,18H,7-8H2,1H3,(H,16,17)/t10-/m0/s1. The minimum Gasteiger partial charge on any atom is -0.465 e. The molecule has 0 radical (unpaired) electrons. The van der Waals surface area contributed by atoms with E-state index in [1.54, 1.807) is 0 Å². The fourth-order valence-electron chi connectivity index (χ4n) is 1.87. The summed E-state index contributed by atoms with van der Waals surface area (Å²) in [5, 5.41) is 13.0. The van der Waals surface area contributed by atoms with Crippen molar-refractivity contribution in [1.29, 1.82) is 0 Å². The van der Waals surface area contributed by atoms with Crippen molar-refractivity contribution in [2.75, 3.05) is 19.0 Å². The van der Waals surface area contributed by atoms with Crippen LogP contribution < -0.4 is 5.32 Å². The maximum Gasteiger partial charge on any atom is 0.351 e. The van der Waals surface area contributed by atoms with E-state index in [2.05, 4.69) is 15.0 Å². The molecule has 112 valence electrons. The number of aliphatic hydroxyl groups is 1. The zero-order valence-corrected chi connectivity index (χ0v) is 12.9. The number of halogens is 1. The zero-order chi connectivity index (χ0) is 15.2. The first-order valence-corrected chi connectivity index (χ1v) is 7.52. The van der Waals surface area contributed by atoms with Crippen molar-refractivity contribution in [3.05, 3.63) is 45.9 Å². The van der Waals surface area contributed by atoms with E-state index in [0.29, 0.717) is 11.6 Å². The van der Waals surface area contributed by atoms with Crippen LogP contribution in [0, 0.1) is 0 Å². The Labute approximate surface area is 131 Å². The largest absolute Gasteiger partial charge is 0.465 e. The lowest BCUT2D eigenvalue weighted by molar-refractivity contribution is 0.0606. The van der Waals surface area contributed by atoms with Crippen molar-refractivity contribution in [3.8, 4) is 0 Å². The minimum atomic E-state index is -0.510. The average molecular weight is 327 g/mol. The normalized spacial score (nSPS) is 12.0. The molecule has 0 unspecified atom stereocenters. The summed E-state index contributed by atoms with van der Waals surface area (Å²) in [6.45, 7) is 0.0372. The van der Waals surface area contributed by atoms with Gasteiger partial charge in [-0.25, -0.2) is 9.78 Å². The number of hydrogen-bond acceptors (Lipinski definition) is 6. The third kappa shape index (κ3) is 3.93. The van der Waals surface area contributed by atoms with Crippen LogP contribution >= 0.6 is 22.9 Å². The van der Waals surface area contributed by atoms with E-state index in [4.69, 9.17) is 11.6 Å². The fourth-order valence-corrected chi connectivity index (χ4v) is 3.02. The van der Waals surface area contributed by atoms with Crippen molar-refractivity contribution in [2.45, 2.75) is 12.5 Å². The van der Waals surface area contributed by atoms with Gasteiger partial charge >= 0.3 is 5.97 Å². The van der Waals surface area contributed by atoms with Gasteiger partial charge in [0.25, 0.3) is 0 Å². The van der Waals surface area contributed by atoms with Crippen LogP contribution in [0.5, 0.6) is 0 Å². The molecular weight excluding hydrogens is 312 g/mol. The number of aliphatic hydroxyl groups excluding tert-OH is 1. The predicted molar refractivity (Wildman–Crippen MR) is 83.0 cm³/mol. The van der Waals surface area contributed by atoms with E-state index in [9.17, 15) is 9.90 Å². The number of carbonyl (C=O) groups is 1. The number of rotatable bonds is 6. The van der Waals surface area contributed by atoms with Crippen LogP contribution in [0.2, 0.25) is 5.15 Å². The number of methoxy groups -OCH3 is 1. The Kier molecular flexibility index (Phi) is 5.55. The second kappa shape index (κ2) is 7.40. The predicted octanol–water partition coefficient (Wildman–Crippen LogP) is 3.12. The molecule has 0 saturated heterocycles. The van der Waals surface area contributed by atoms with Crippen molar-refractivity contribution in [1.82, 2.24) is 4.98 Å². The number of hydrogen-bond donors (Lipinski definition) is 2. The molecule has 0 saturated carbocycles. The van der Waals surface area contributed by atoms with Crippen LogP contribution in [0.25, 0.3) is 0 Å². The molecule has 2 rings (SSSR count). The summed E-state index contributed by atoms with van der Waals surface area (Å²) in [6.07, 6.45) is 0.523. The molecule has 7 heteroatoms. The fraction of sp³-hybridized carbons (Fsp3) is 0.286. The van der Waals surface area contributed by atoms with Gasteiger partial charge in [-0.05, 0) is 12.0 Å². The number of thiazole rings is 1. The van der Waals surface area contributed by atoms with E-state index in [1.165, 1.54) is 7.11 Å². The van der Waals surface area contributed by atoms with Gasteiger partial charge in [-0.3, -0.25) is 0 Å². The molecule has 1 heterocycles. The lowest BCUT2D eigenvalue weighted by Gasteiger charge is -2.17. The Morgan fingerprint density at radius 3 is 2.81 bits per heavy atom. The van der Waals surface area contributed by atoms with E-state index in [-0.39, 0.29) is 22.7 Å². The Morgan fingerprint density at radius 1 is 1.48 bits per heavy atom. The molecule has 5 nitrogen and oxygen atoms in total. The first-order valence-electron chi connectivity index (χ1n) is 6.32. The maximum absolute atomic E-state index is 11.5. The molecular formula is C14H15ClN2O3S. The molecule has 0 amide bonds. The molecule has 2 aromatic rings. The number of ether oxygens (including phenoxy) is 1. The topological polar surface area (TPSA) is 71.5 Å². The van der Waals surface area contributed by atoms with Gasteiger partial charge in [-0.2, -0.15) is 0 Å². The molecule has 0 fully saturated rings. The smallest absolute Gasteiger partial charge is 0.351 e. The molecule has 1 aromatic heterocycles. The number of benzene rings is 1. The minimum absolute atomic E-state index is 0.0372. The summed E-state index contributed by atoms with van der Waals surface area (Å²) in [5.74, 6) is -0.510. The number of nitrogens with one attached hydrogen (secondary N) is 1. The SMILES string of the molecule is COC(=O)c1sc(N[C@@H](CCO)c2ccccc2)nc1Cl. The second-order valence-electron chi connectivity index (χ2n) is 4.25. The summed E-state index contributed by atoms with van der Waals surface area (Å²) < 4.78 is 4.65. The van der Waals surface area contributed by atoms with Crippen LogP contribution in [-0.2, 0) is 4.74 Å². The Balaban J connectivity index is 2.20. The van der Waals surface area contributed by atoms with E-state index in [1.807, 2.05) is 30.3 Å². The highest BCUT2D eigenvalue weighted by Gasteiger charge is 2.19. The summed E-state index contributed by atoms with van der Waals surface area (Å²) in [4.78, 5) is 15.9. The number of carbonyl (C=O) groups excluding carboxylic acids is 1. The maximum atomic E-state index is 11.5. The molecule has 1 aromatic carbocycles. The molecule has 0 aliphatic heterocycles. The molecule has 1 atom stereocenters. The van der Waals surface area contributed by atoms with E-state index >= 15 is 0 Å². The van der Waals surface area contributed by atoms with Gasteiger partial charge in [0.15, 0.2) is 15.2 Å². The van der Waals surface area contributed by atoms with Gasteiger partial charge in [0.2, 0.25) is 0 Å². The van der Waals surface area contributed by atoms with Crippen LogP contribution in [0.1, 0.15) is 27.7 Å². The van der Waals surface area contributed by atoms with E-state index in [0.717, 1.165) is 16.9 Å². The highest BCUT2D eigenvalue weighted by atomic mass is 35.5. The molecule has 2 N–H and O–H groups in total. The Bertz CT molecular complexity index is 604. The van der Waals surface area contributed by atoms with Crippen LogP contribution in [0.15, 0.2) is 30.3 Å². The second-order valence-corrected chi connectivity index (χ2v) is 5.61. The third-order valence-electron chi connectivity index (χ3n) is 2.87. The van der Waals surface area contributed by atoms with Crippen molar-refractivity contribution in [3.63, 3.8) is 0 Å². The number of esters is 1. The third-order valence-corrected chi connectivity index (χ3v) is 4.23. The number of nitrogens with zero attached hydrogens (tertiary/aromatic N) is 1. The average Bonchev–Trinajstić information content (AvgIpc) is 2.87. The lowest BCUT2D eigenvalue weighted by Crippen LogP contribution is -2.12. The monoisotopic (exact) mass is 326 g/mol. The first kappa shape index (κ1) is 15.8. The summed E-state index contributed by atoms with van der Waals surface area (Å²) in [7, 11) is 1.30. The summed E-state index contributed by atoms with van der Waals surface area (Å²) >= 11 is 7.06. The van der Waals surface area contributed by atoms with Gasteiger partial charge in [-0.15, -0.1) is 0 Å². The highest BCUT2D eigenvalue weighted by Crippen LogP contribution is 2.31. The number of anilines is 1. The van der Waals surface area contributed by atoms with Gasteiger partial charge < -0.3 is 15.2 Å². The van der Waals surface area contributed by atoms with Crippen LogP contribution in [-0.4, -0.2) is 29.8 Å². The van der Waals surface area contributed by atoms with Crippen molar-refractivity contribution in [2.24, 2.45) is 0 Å². The molecule has 0 bridgehead atoms.